The van der Waals surface area contributed by atoms with Crippen molar-refractivity contribution in [2.75, 3.05) is 0 Å². The Morgan fingerprint density at radius 1 is 0.812 bits per heavy atom. The van der Waals surface area contributed by atoms with Crippen LogP contribution in [0.2, 0.25) is 0 Å². The zero-order valence-electron chi connectivity index (χ0n) is 22.9. The molecule has 0 aromatic rings. The number of fused-ring (bicyclic) bond motifs is 5. The van der Waals surface area contributed by atoms with Gasteiger partial charge in [-0.3, -0.25) is 0 Å². The van der Waals surface area contributed by atoms with Crippen LogP contribution in [0.4, 0.5) is 0 Å². The maximum absolute atomic E-state index is 2.77. The minimum atomic E-state index is 0.559. The fourth-order valence-corrected chi connectivity index (χ4v) is 9.70. The molecule has 0 amide bonds. The summed E-state index contributed by atoms with van der Waals surface area (Å²) in [6.45, 7) is 17.8. The van der Waals surface area contributed by atoms with E-state index < -0.39 is 0 Å². The van der Waals surface area contributed by atoms with Crippen molar-refractivity contribution in [1.82, 2.24) is 0 Å². The van der Waals surface area contributed by atoms with E-state index in [1.807, 2.05) is 5.57 Å². The van der Waals surface area contributed by atoms with Crippen molar-refractivity contribution in [2.45, 2.75) is 132 Å². The third-order valence-electron chi connectivity index (χ3n) is 11.7. The van der Waals surface area contributed by atoms with Crippen LogP contribution in [-0.4, -0.2) is 0 Å². The van der Waals surface area contributed by atoms with Gasteiger partial charge in [0.05, 0.1) is 0 Å². The van der Waals surface area contributed by atoms with Crippen LogP contribution in [0.15, 0.2) is 11.6 Å². The summed E-state index contributed by atoms with van der Waals surface area (Å²) in [5.41, 5.74) is 3.05. The van der Waals surface area contributed by atoms with Crippen LogP contribution in [0.5, 0.6) is 0 Å². The molecule has 0 N–H and O–H groups in total. The first kappa shape index (κ1) is 24.9. The van der Waals surface area contributed by atoms with Gasteiger partial charge in [-0.1, -0.05) is 79.4 Å². The Hall–Kier alpha value is -0.260. The summed E-state index contributed by atoms with van der Waals surface area (Å²) >= 11 is 0. The molecule has 0 aliphatic heterocycles. The second-order valence-corrected chi connectivity index (χ2v) is 14.3. The number of allylic oxidation sites excluding steroid dienone is 2. The zero-order chi connectivity index (χ0) is 23.1. The van der Waals surface area contributed by atoms with Gasteiger partial charge in [0.2, 0.25) is 0 Å². The molecule has 7 atom stereocenters. The molecule has 0 radical (unpaired) electrons. The molecule has 3 saturated carbocycles. The lowest BCUT2D eigenvalue weighted by Crippen LogP contribution is -2.50. The van der Waals surface area contributed by atoms with Gasteiger partial charge in [0.25, 0.3) is 0 Å². The molecule has 0 heteroatoms. The highest BCUT2D eigenvalue weighted by atomic mass is 14.6. The van der Waals surface area contributed by atoms with Crippen LogP contribution in [0.25, 0.3) is 0 Å². The van der Waals surface area contributed by atoms with Gasteiger partial charge in [0, 0.05) is 0 Å². The van der Waals surface area contributed by atoms with Crippen molar-refractivity contribution < 1.29 is 0 Å². The average molecular weight is 441 g/mol. The zero-order valence-corrected chi connectivity index (χ0v) is 22.9. The van der Waals surface area contributed by atoms with E-state index in [-0.39, 0.29) is 0 Å². The number of hydrogen-bond donors (Lipinski definition) is 0. The van der Waals surface area contributed by atoms with Gasteiger partial charge in [-0.25, -0.2) is 0 Å². The molecule has 32 heavy (non-hydrogen) atoms. The van der Waals surface area contributed by atoms with Crippen molar-refractivity contribution in [1.29, 1.82) is 0 Å². The molecule has 4 aliphatic rings. The second-order valence-electron chi connectivity index (χ2n) is 14.3. The first-order chi connectivity index (χ1) is 15.2. The summed E-state index contributed by atoms with van der Waals surface area (Å²) in [5, 5.41) is 0. The molecule has 0 nitrogen and oxygen atoms in total. The first-order valence-electron chi connectivity index (χ1n) is 14.9. The largest absolute Gasteiger partial charge is 0.0845 e. The predicted octanol–water partition coefficient (Wildman–Crippen LogP) is 10.1. The van der Waals surface area contributed by atoms with Gasteiger partial charge in [0.1, 0.15) is 0 Å². The van der Waals surface area contributed by atoms with E-state index in [4.69, 9.17) is 0 Å². The van der Waals surface area contributed by atoms with Gasteiger partial charge >= 0.3 is 0 Å². The lowest BCUT2D eigenvalue weighted by atomic mass is 9.47. The Labute approximate surface area is 201 Å². The number of hydrogen-bond acceptors (Lipinski definition) is 0. The third-order valence-corrected chi connectivity index (χ3v) is 11.7. The lowest BCUT2D eigenvalue weighted by Gasteiger charge is -2.58. The topological polar surface area (TPSA) is 0 Å². The summed E-state index contributed by atoms with van der Waals surface area (Å²) in [6, 6.07) is 0. The molecule has 7 unspecified atom stereocenters. The first-order valence-corrected chi connectivity index (χ1v) is 14.9. The molecule has 0 spiro atoms. The Morgan fingerprint density at radius 3 is 2.16 bits per heavy atom. The van der Waals surface area contributed by atoms with Gasteiger partial charge in [0.15, 0.2) is 0 Å². The quantitative estimate of drug-likeness (QED) is 0.329. The van der Waals surface area contributed by atoms with Crippen molar-refractivity contribution in [3.05, 3.63) is 11.6 Å². The Morgan fingerprint density at radius 2 is 1.50 bits per heavy atom. The Balaban J connectivity index is 1.51. The standard InChI is InChI=1S/C32H56/c1-22(2)11-13-25(14-12-23(3)4)24(5)28-17-18-29-27-16-15-26-10-8-9-20-31(26,6)30(27)19-21-32(28,29)7/h15,22-25,27-30H,8-14,16-21H2,1-7H3. The minimum Gasteiger partial charge on any atom is -0.0845 e. The van der Waals surface area contributed by atoms with Crippen molar-refractivity contribution >= 4 is 0 Å². The third kappa shape index (κ3) is 4.52. The molecular weight excluding hydrogens is 384 g/mol. The van der Waals surface area contributed by atoms with Crippen molar-refractivity contribution in [3.8, 4) is 0 Å². The van der Waals surface area contributed by atoms with E-state index in [2.05, 4.69) is 54.5 Å². The molecule has 0 aromatic carbocycles. The summed E-state index contributed by atoms with van der Waals surface area (Å²) in [4.78, 5) is 0. The van der Waals surface area contributed by atoms with Crippen LogP contribution in [0.1, 0.15) is 132 Å². The van der Waals surface area contributed by atoms with Gasteiger partial charge in [-0.2, -0.15) is 0 Å². The highest BCUT2D eigenvalue weighted by Crippen LogP contribution is 2.67. The smallest absolute Gasteiger partial charge is 0.00853 e. The molecule has 3 fully saturated rings. The average Bonchev–Trinajstić information content (AvgIpc) is 3.09. The molecule has 4 rings (SSSR count). The van der Waals surface area contributed by atoms with E-state index in [0.717, 1.165) is 47.3 Å². The molecule has 184 valence electrons. The molecular formula is C32H56. The van der Waals surface area contributed by atoms with Gasteiger partial charge in [-0.15, -0.1) is 0 Å². The summed E-state index contributed by atoms with van der Waals surface area (Å²) in [5.74, 6) is 7.53. The van der Waals surface area contributed by atoms with Crippen molar-refractivity contribution in [3.63, 3.8) is 0 Å². The Bertz CT molecular complexity index is 643. The molecule has 0 saturated heterocycles. The Kier molecular flexibility index (Phi) is 7.59. The monoisotopic (exact) mass is 440 g/mol. The summed E-state index contributed by atoms with van der Waals surface area (Å²) in [7, 11) is 0. The van der Waals surface area contributed by atoms with Crippen LogP contribution < -0.4 is 0 Å². The van der Waals surface area contributed by atoms with Crippen LogP contribution in [0, 0.1) is 58.2 Å². The SMILES string of the molecule is CC(C)CCC(CCC(C)C)C(C)C1CCC2C3CC=C4CCCCC4(C)C3CCC12C. The van der Waals surface area contributed by atoms with Crippen molar-refractivity contribution in [2.24, 2.45) is 58.2 Å². The fourth-order valence-electron chi connectivity index (χ4n) is 9.70. The van der Waals surface area contributed by atoms with E-state index in [1.165, 1.54) is 83.5 Å². The van der Waals surface area contributed by atoms with E-state index >= 15 is 0 Å². The highest BCUT2D eigenvalue weighted by Gasteiger charge is 2.59. The molecule has 4 aliphatic carbocycles. The highest BCUT2D eigenvalue weighted by molar-refractivity contribution is 5.24. The molecule has 0 heterocycles. The molecule has 0 bridgehead atoms. The predicted molar refractivity (Wildman–Crippen MR) is 141 cm³/mol. The van der Waals surface area contributed by atoms with Crippen LogP contribution in [-0.2, 0) is 0 Å². The van der Waals surface area contributed by atoms with E-state index in [9.17, 15) is 0 Å². The fraction of sp³-hybridized carbons (Fsp3) is 0.938. The van der Waals surface area contributed by atoms with Gasteiger partial charge < -0.3 is 0 Å². The van der Waals surface area contributed by atoms with Gasteiger partial charge in [-0.05, 0) is 122 Å². The number of rotatable bonds is 8. The summed E-state index contributed by atoms with van der Waals surface area (Å²) < 4.78 is 0. The maximum Gasteiger partial charge on any atom is -0.00853 e. The normalized spacial score (nSPS) is 40.2. The van der Waals surface area contributed by atoms with E-state index in [0.29, 0.717) is 10.8 Å². The second kappa shape index (κ2) is 9.77. The van der Waals surface area contributed by atoms with Crippen LogP contribution >= 0.6 is 0 Å². The van der Waals surface area contributed by atoms with E-state index in [1.54, 1.807) is 0 Å². The summed E-state index contributed by atoms with van der Waals surface area (Å²) in [6.07, 6.45) is 21.9. The van der Waals surface area contributed by atoms with Crippen LogP contribution in [0.3, 0.4) is 0 Å². The maximum atomic E-state index is 2.77. The minimum absolute atomic E-state index is 0.559. The lowest BCUT2D eigenvalue weighted by molar-refractivity contribution is -0.0550. The molecule has 0 aromatic heterocycles.